The van der Waals surface area contributed by atoms with Gasteiger partial charge in [-0.3, -0.25) is 4.68 Å². The molecule has 0 radical (unpaired) electrons. The van der Waals surface area contributed by atoms with Crippen LogP contribution in [0.2, 0.25) is 5.02 Å². The van der Waals surface area contributed by atoms with Crippen LogP contribution in [0.1, 0.15) is 23.9 Å². The monoisotopic (exact) mass is 264 g/mol. The number of halogens is 1. The lowest BCUT2D eigenvalue weighted by molar-refractivity contribution is 0.658. The number of hydrogen-bond donors (Lipinski definition) is 1. The maximum Gasteiger partial charge on any atom is 0.126 e. The highest BCUT2D eigenvalue weighted by Crippen LogP contribution is 2.20. The van der Waals surface area contributed by atoms with Crippen molar-refractivity contribution in [3.05, 3.63) is 40.3 Å². The van der Waals surface area contributed by atoms with Gasteiger partial charge in [-0.1, -0.05) is 11.6 Å². The SMILES string of the molecule is CCNc1cc(Cn2nc(C)c(Cl)c2C)ccn1. The number of rotatable bonds is 4. The smallest absolute Gasteiger partial charge is 0.126 e. The fourth-order valence-electron chi connectivity index (χ4n) is 1.85. The lowest BCUT2D eigenvalue weighted by Gasteiger charge is -2.07. The van der Waals surface area contributed by atoms with Crippen LogP contribution in [0.4, 0.5) is 5.82 Å². The first-order valence-corrected chi connectivity index (χ1v) is 6.38. The predicted octanol–water partition coefficient (Wildman–Crippen LogP) is 3.03. The van der Waals surface area contributed by atoms with Crippen LogP contribution in [-0.4, -0.2) is 21.3 Å². The minimum absolute atomic E-state index is 0.709. The molecule has 0 amide bonds. The first-order valence-electron chi connectivity index (χ1n) is 6.00. The average molecular weight is 265 g/mol. The van der Waals surface area contributed by atoms with Gasteiger partial charge < -0.3 is 5.32 Å². The highest BCUT2D eigenvalue weighted by Gasteiger charge is 2.09. The Morgan fingerprint density at radius 3 is 2.78 bits per heavy atom. The van der Waals surface area contributed by atoms with E-state index in [1.54, 1.807) is 6.20 Å². The highest BCUT2D eigenvalue weighted by molar-refractivity contribution is 6.31. The van der Waals surface area contributed by atoms with Crippen LogP contribution in [-0.2, 0) is 6.54 Å². The van der Waals surface area contributed by atoms with Gasteiger partial charge in [0.1, 0.15) is 5.82 Å². The predicted molar refractivity (Wildman–Crippen MR) is 74.2 cm³/mol. The van der Waals surface area contributed by atoms with Gasteiger partial charge in [0.15, 0.2) is 0 Å². The molecule has 96 valence electrons. The normalized spacial score (nSPS) is 10.7. The van der Waals surface area contributed by atoms with Crippen LogP contribution in [0.5, 0.6) is 0 Å². The van der Waals surface area contributed by atoms with Crippen LogP contribution in [0.15, 0.2) is 18.3 Å². The van der Waals surface area contributed by atoms with Crippen molar-refractivity contribution in [2.45, 2.75) is 27.3 Å². The van der Waals surface area contributed by atoms with Gasteiger partial charge in [0.2, 0.25) is 0 Å². The number of aromatic nitrogens is 3. The first kappa shape index (κ1) is 12.9. The van der Waals surface area contributed by atoms with E-state index >= 15 is 0 Å². The standard InChI is InChI=1S/C13H17ClN4/c1-4-15-12-7-11(5-6-16-12)8-18-10(3)13(14)9(2)17-18/h5-7H,4,8H2,1-3H3,(H,15,16). The summed E-state index contributed by atoms with van der Waals surface area (Å²) in [4.78, 5) is 4.25. The lowest BCUT2D eigenvalue weighted by atomic mass is 10.2. The zero-order valence-electron chi connectivity index (χ0n) is 10.9. The van der Waals surface area contributed by atoms with Crippen molar-refractivity contribution in [2.24, 2.45) is 0 Å². The third-order valence-corrected chi connectivity index (χ3v) is 3.35. The molecule has 0 aliphatic carbocycles. The van der Waals surface area contributed by atoms with Gasteiger partial charge in [-0.15, -0.1) is 0 Å². The summed E-state index contributed by atoms with van der Waals surface area (Å²) in [5.41, 5.74) is 3.02. The molecular formula is C13H17ClN4. The second kappa shape index (κ2) is 5.40. The number of nitrogens with zero attached hydrogens (tertiary/aromatic N) is 3. The number of hydrogen-bond acceptors (Lipinski definition) is 3. The highest BCUT2D eigenvalue weighted by atomic mass is 35.5. The molecule has 0 saturated carbocycles. The molecular weight excluding hydrogens is 248 g/mol. The van der Waals surface area contributed by atoms with Crippen molar-refractivity contribution in [3.63, 3.8) is 0 Å². The van der Waals surface area contributed by atoms with Crippen molar-refractivity contribution < 1.29 is 0 Å². The van der Waals surface area contributed by atoms with Crippen molar-refractivity contribution in [2.75, 3.05) is 11.9 Å². The molecule has 0 aliphatic rings. The maximum absolute atomic E-state index is 6.14. The van der Waals surface area contributed by atoms with E-state index in [2.05, 4.69) is 22.3 Å². The second-order valence-corrected chi connectivity index (χ2v) is 4.60. The summed E-state index contributed by atoms with van der Waals surface area (Å²) in [5.74, 6) is 0.891. The third kappa shape index (κ3) is 2.64. The van der Waals surface area contributed by atoms with Crippen molar-refractivity contribution in [3.8, 4) is 0 Å². The molecule has 0 atom stereocenters. The van der Waals surface area contributed by atoms with Gasteiger partial charge in [0, 0.05) is 12.7 Å². The number of nitrogens with one attached hydrogen (secondary N) is 1. The van der Waals surface area contributed by atoms with Gasteiger partial charge in [-0.05, 0) is 38.5 Å². The van der Waals surface area contributed by atoms with Crippen LogP contribution < -0.4 is 5.32 Å². The van der Waals surface area contributed by atoms with Crippen molar-refractivity contribution in [1.82, 2.24) is 14.8 Å². The van der Waals surface area contributed by atoms with Crippen LogP contribution >= 0.6 is 11.6 Å². The third-order valence-electron chi connectivity index (χ3n) is 2.81. The molecule has 0 bridgehead atoms. The Morgan fingerprint density at radius 1 is 1.39 bits per heavy atom. The molecule has 0 aliphatic heterocycles. The van der Waals surface area contributed by atoms with Gasteiger partial charge in [-0.2, -0.15) is 5.10 Å². The summed E-state index contributed by atoms with van der Waals surface area (Å²) in [7, 11) is 0. The van der Waals surface area contributed by atoms with E-state index in [9.17, 15) is 0 Å². The Balaban J connectivity index is 2.23. The van der Waals surface area contributed by atoms with Crippen molar-refractivity contribution in [1.29, 1.82) is 0 Å². The molecule has 2 aromatic rings. The summed E-state index contributed by atoms with van der Waals surface area (Å²) in [6.07, 6.45) is 1.81. The van der Waals surface area contributed by atoms with E-state index < -0.39 is 0 Å². The maximum atomic E-state index is 6.14. The number of aryl methyl sites for hydroxylation is 1. The average Bonchev–Trinajstić information content (AvgIpc) is 2.58. The van der Waals surface area contributed by atoms with Gasteiger partial charge in [-0.25, -0.2) is 4.98 Å². The fourth-order valence-corrected chi connectivity index (χ4v) is 1.99. The molecule has 0 spiro atoms. The Hall–Kier alpha value is -1.55. The van der Waals surface area contributed by atoms with E-state index in [1.165, 1.54) is 0 Å². The lowest BCUT2D eigenvalue weighted by Crippen LogP contribution is -2.05. The Labute approximate surface area is 112 Å². The molecule has 2 rings (SSSR count). The zero-order chi connectivity index (χ0) is 13.1. The summed E-state index contributed by atoms with van der Waals surface area (Å²) in [5, 5.41) is 8.37. The Bertz CT molecular complexity index is 548. The second-order valence-electron chi connectivity index (χ2n) is 4.22. The molecule has 5 heteroatoms. The van der Waals surface area contributed by atoms with Crippen LogP contribution in [0, 0.1) is 13.8 Å². The summed E-state index contributed by atoms with van der Waals surface area (Å²) >= 11 is 6.14. The summed E-state index contributed by atoms with van der Waals surface area (Å²) in [6.45, 7) is 7.52. The van der Waals surface area contributed by atoms with Gasteiger partial charge >= 0.3 is 0 Å². The molecule has 1 N–H and O–H groups in total. The van der Waals surface area contributed by atoms with Crippen LogP contribution in [0.3, 0.4) is 0 Å². The van der Waals surface area contributed by atoms with Gasteiger partial charge in [0.05, 0.1) is 23.0 Å². The van der Waals surface area contributed by atoms with E-state index in [0.717, 1.165) is 34.3 Å². The molecule has 2 heterocycles. The Morgan fingerprint density at radius 2 is 2.17 bits per heavy atom. The largest absolute Gasteiger partial charge is 0.370 e. The molecule has 0 aromatic carbocycles. The minimum atomic E-state index is 0.709. The molecule has 0 saturated heterocycles. The molecule has 4 nitrogen and oxygen atoms in total. The molecule has 18 heavy (non-hydrogen) atoms. The Kier molecular flexibility index (Phi) is 3.87. The van der Waals surface area contributed by atoms with E-state index in [0.29, 0.717) is 6.54 Å². The number of pyridine rings is 1. The van der Waals surface area contributed by atoms with Gasteiger partial charge in [0.25, 0.3) is 0 Å². The van der Waals surface area contributed by atoms with E-state index in [-0.39, 0.29) is 0 Å². The molecule has 2 aromatic heterocycles. The van der Waals surface area contributed by atoms with E-state index in [4.69, 9.17) is 11.6 Å². The summed E-state index contributed by atoms with van der Waals surface area (Å²) in [6, 6.07) is 4.03. The quantitative estimate of drug-likeness (QED) is 0.923. The fraction of sp³-hybridized carbons (Fsp3) is 0.385. The molecule has 0 fully saturated rings. The van der Waals surface area contributed by atoms with Crippen molar-refractivity contribution >= 4 is 17.4 Å². The zero-order valence-corrected chi connectivity index (χ0v) is 11.6. The topological polar surface area (TPSA) is 42.7 Å². The minimum Gasteiger partial charge on any atom is -0.370 e. The number of anilines is 1. The van der Waals surface area contributed by atoms with Crippen LogP contribution in [0.25, 0.3) is 0 Å². The first-order chi connectivity index (χ1) is 8.61. The molecule has 0 unspecified atom stereocenters. The van der Waals surface area contributed by atoms with E-state index in [1.807, 2.05) is 30.7 Å². The summed E-state index contributed by atoms with van der Waals surface area (Å²) < 4.78 is 1.92.